The summed E-state index contributed by atoms with van der Waals surface area (Å²) in [6.45, 7) is 1.86. The van der Waals surface area contributed by atoms with Crippen LogP contribution < -0.4 is 21.5 Å². The van der Waals surface area contributed by atoms with Crippen LogP contribution >= 0.6 is 0 Å². The second-order valence-corrected chi connectivity index (χ2v) is 4.41. The van der Waals surface area contributed by atoms with Gasteiger partial charge in [-0.2, -0.15) is 15.0 Å². The monoisotopic (exact) mass is 277 g/mol. The number of anilines is 4. The smallest absolute Gasteiger partial charge is 0.243 e. The number of rotatable bonds is 4. The second-order valence-electron chi connectivity index (χ2n) is 4.41. The number of nitrogens with zero attached hydrogens (tertiary/aromatic N) is 4. The van der Waals surface area contributed by atoms with Crippen LogP contribution in [0.3, 0.4) is 0 Å². The first-order valence-corrected chi connectivity index (χ1v) is 5.93. The Balaban J connectivity index is 2.37. The van der Waals surface area contributed by atoms with E-state index in [0.29, 0.717) is 11.6 Å². The number of aryl methyl sites for hydroxylation is 1. The molecule has 1 aromatic heterocycles. The molecule has 20 heavy (non-hydrogen) atoms. The van der Waals surface area contributed by atoms with Crippen molar-refractivity contribution in [2.75, 3.05) is 29.7 Å². The molecule has 0 amide bonds. The second kappa shape index (κ2) is 5.66. The first-order valence-electron chi connectivity index (χ1n) is 5.93. The van der Waals surface area contributed by atoms with Gasteiger partial charge in [0.2, 0.25) is 17.8 Å². The Bertz CT molecular complexity index is 615. The molecular formula is C12H16FN7. The Morgan fingerprint density at radius 2 is 1.85 bits per heavy atom. The van der Waals surface area contributed by atoms with Crippen LogP contribution in [0.5, 0.6) is 0 Å². The molecule has 0 aliphatic rings. The Hall–Kier alpha value is -2.48. The number of nitrogens with two attached hydrogens (primary N) is 1. The van der Waals surface area contributed by atoms with Gasteiger partial charge in [0.15, 0.2) is 0 Å². The molecule has 0 bridgehead atoms. The van der Waals surface area contributed by atoms with E-state index < -0.39 is 0 Å². The minimum Gasteiger partial charge on any atom is -0.347 e. The maximum atomic E-state index is 13.3. The summed E-state index contributed by atoms with van der Waals surface area (Å²) in [7, 11) is 3.60. The highest BCUT2D eigenvalue weighted by molar-refractivity contribution is 5.59. The Labute approximate surface area is 116 Å². The van der Waals surface area contributed by atoms with Crippen molar-refractivity contribution in [1.82, 2.24) is 15.0 Å². The maximum absolute atomic E-state index is 13.3. The average molecular weight is 277 g/mol. The van der Waals surface area contributed by atoms with E-state index >= 15 is 0 Å². The van der Waals surface area contributed by atoms with Gasteiger partial charge in [-0.15, -0.1) is 0 Å². The van der Waals surface area contributed by atoms with Crippen molar-refractivity contribution in [3.8, 4) is 0 Å². The molecule has 0 atom stereocenters. The van der Waals surface area contributed by atoms with Crippen molar-refractivity contribution >= 4 is 23.5 Å². The van der Waals surface area contributed by atoms with Crippen molar-refractivity contribution in [3.05, 3.63) is 29.6 Å². The zero-order chi connectivity index (χ0) is 14.7. The molecule has 0 saturated carbocycles. The van der Waals surface area contributed by atoms with Crippen molar-refractivity contribution in [2.24, 2.45) is 5.84 Å². The number of hydrogen-bond donors (Lipinski definition) is 3. The topological polar surface area (TPSA) is 92.0 Å². The molecule has 4 N–H and O–H groups in total. The Morgan fingerprint density at radius 1 is 1.15 bits per heavy atom. The lowest BCUT2D eigenvalue weighted by atomic mass is 10.2. The van der Waals surface area contributed by atoms with Crippen molar-refractivity contribution in [3.63, 3.8) is 0 Å². The lowest BCUT2D eigenvalue weighted by Gasteiger charge is -2.14. The minimum atomic E-state index is -0.336. The van der Waals surface area contributed by atoms with Gasteiger partial charge >= 0.3 is 0 Å². The molecule has 0 aliphatic heterocycles. The van der Waals surface area contributed by atoms with Crippen molar-refractivity contribution in [1.29, 1.82) is 0 Å². The van der Waals surface area contributed by atoms with Crippen LogP contribution in [0, 0.1) is 12.7 Å². The van der Waals surface area contributed by atoms with E-state index in [2.05, 4.69) is 25.7 Å². The van der Waals surface area contributed by atoms with Gasteiger partial charge in [-0.3, -0.25) is 5.43 Å². The summed E-state index contributed by atoms with van der Waals surface area (Å²) in [6, 6.07) is 4.45. The number of benzene rings is 1. The average Bonchev–Trinajstić information content (AvgIpc) is 2.42. The van der Waals surface area contributed by atoms with Gasteiger partial charge in [0.05, 0.1) is 0 Å². The third-order valence-corrected chi connectivity index (χ3v) is 2.60. The van der Waals surface area contributed by atoms with Crippen LogP contribution in [0.1, 0.15) is 5.56 Å². The third kappa shape index (κ3) is 3.09. The Morgan fingerprint density at radius 3 is 2.50 bits per heavy atom. The van der Waals surface area contributed by atoms with Crippen LogP contribution in [0.2, 0.25) is 0 Å². The summed E-state index contributed by atoms with van der Waals surface area (Å²) < 4.78 is 13.3. The highest BCUT2D eigenvalue weighted by Gasteiger charge is 2.09. The van der Waals surface area contributed by atoms with E-state index in [-0.39, 0.29) is 17.7 Å². The van der Waals surface area contributed by atoms with Crippen LogP contribution in [0.25, 0.3) is 0 Å². The van der Waals surface area contributed by atoms with Gasteiger partial charge < -0.3 is 10.2 Å². The Kier molecular flexibility index (Phi) is 3.94. The third-order valence-electron chi connectivity index (χ3n) is 2.60. The number of hydrazine groups is 1. The SMILES string of the molecule is Cc1ccc(F)cc1Nc1nc(NN)nc(N(C)C)n1. The van der Waals surface area contributed by atoms with Crippen LogP contribution in [-0.2, 0) is 0 Å². The summed E-state index contributed by atoms with van der Waals surface area (Å²) in [6.07, 6.45) is 0. The lowest BCUT2D eigenvalue weighted by molar-refractivity contribution is 0.628. The number of halogens is 1. The van der Waals surface area contributed by atoms with E-state index in [0.717, 1.165) is 5.56 Å². The molecule has 0 spiro atoms. The van der Waals surface area contributed by atoms with Gasteiger partial charge in [-0.05, 0) is 24.6 Å². The van der Waals surface area contributed by atoms with E-state index in [1.807, 2.05) is 6.92 Å². The molecule has 8 heteroatoms. The van der Waals surface area contributed by atoms with Crippen molar-refractivity contribution in [2.45, 2.75) is 6.92 Å². The van der Waals surface area contributed by atoms with Crippen molar-refractivity contribution < 1.29 is 4.39 Å². The molecule has 0 unspecified atom stereocenters. The molecule has 2 rings (SSSR count). The summed E-state index contributed by atoms with van der Waals surface area (Å²) in [5, 5.41) is 2.96. The zero-order valence-corrected chi connectivity index (χ0v) is 11.5. The molecule has 2 aromatic rings. The highest BCUT2D eigenvalue weighted by atomic mass is 19.1. The summed E-state index contributed by atoms with van der Waals surface area (Å²) in [5.41, 5.74) is 3.83. The molecule has 7 nitrogen and oxygen atoms in total. The summed E-state index contributed by atoms with van der Waals surface area (Å²) in [5.74, 6) is 5.93. The number of aromatic nitrogens is 3. The number of nitrogen functional groups attached to an aromatic ring is 1. The molecule has 1 aromatic carbocycles. The van der Waals surface area contributed by atoms with E-state index in [1.54, 1.807) is 25.1 Å². The molecule has 1 heterocycles. The summed E-state index contributed by atoms with van der Waals surface area (Å²) >= 11 is 0. The quantitative estimate of drug-likeness (QED) is 0.575. The van der Waals surface area contributed by atoms with Gasteiger partial charge in [0.1, 0.15) is 5.82 Å². The van der Waals surface area contributed by atoms with Gasteiger partial charge in [0, 0.05) is 19.8 Å². The predicted octanol–water partition coefficient (Wildman–Crippen LogP) is 1.41. The normalized spacial score (nSPS) is 10.2. The fourth-order valence-corrected chi connectivity index (χ4v) is 1.53. The zero-order valence-electron chi connectivity index (χ0n) is 11.5. The highest BCUT2D eigenvalue weighted by Crippen LogP contribution is 2.20. The standard InChI is InChI=1S/C12H16FN7/c1-7-4-5-8(13)6-9(7)15-10-16-11(19-14)18-12(17-10)20(2)3/h4-6H,14H2,1-3H3,(H2,15,16,17,18,19). The first-order chi connectivity index (χ1) is 9.49. The predicted molar refractivity (Wildman–Crippen MR) is 76.4 cm³/mol. The molecule has 0 saturated heterocycles. The fraction of sp³-hybridized carbons (Fsp3) is 0.250. The molecule has 106 valence electrons. The molecule has 0 radical (unpaired) electrons. The van der Waals surface area contributed by atoms with E-state index in [4.69, 9.17) is 5.84 Å². The van der Waals surface area contributed by atoms with Gasteiger partial charge in [-0.1, -0.05) is 6.07 Å². The number of hydrogen-bond acceptors (Lipinski definition) is 7. The van der Waals surface area contributed by atoms with Crippen LogP contribution in [-0.4, -0.2) is 29.0 Å². The van der Waals surface area contributed by atoms with Gasteiger partial charge in [0.25, 0.3) is 0 Å². The number of nitrogens with one attached hydrogen (secondary N) is 2. The molecule has 0 fully saturated rings. The maximum Gasteiger partial charge on any atom is 0.243 e. The molecular weight excluding hydrogens is 261 g/mol. The summed E-state index contributed by atoms with van der Waals surface area (Å²) in [4.78, 5) is 14.1. The minimum absolute atomic E-state index is 0.222. The van der Waals surface area contributed by atoms with E-state index in [9.17, 15) is 4.39 Å². The van der Waals surface area contributed by atoms with E-state index in [1.165, 1.54) is 12.1 Å². The fourth-order valence-electron chi connectivity index (χ4n) is 1.53. The first kappa shape index (κ1) is 13.9. The lowest BCUT2D eigenvalue weighted by Crippen LogP contribution is -2.18. The van der Waals surface area contributed by atoms with Crippen LogP contribution in [0.4, 0.5) is 27.9 Å². The molecule has 0 aliphatic carbocycles. The largest absolute Gasteiger partial charge is 0.347 e. The van der Waals surface area contributed by atoms with Gasteiger partial charge in [-0.25, -0.2) is 10.2 Å². The van der Waals surface area contributed by atoms with Crippen LogP contribution in [0.15, 0.2) is 18.2 Å².